The van der Waals surface area contributed by atoms with Crippen LogP contribution in [0, 0.1) is 3.57 Å². The largest absolute Gasteiger partial charge is 0.383 e. The number of amides is 1. The molecule has 1 aromatic heterocycles. The molecule has 27 heavy (non-hydrogen) atoms. The van der Waals surface area contributed by atoms with E-state index in [-0.39, 0.29) is 17.4 Å². The average molecular weight is 484 g/mol. The van der Waals surface area contributed by atoms with Crippen molar-refractivity contribution in [3.8, 4) is 0 Å². The molecule has 1 amide bonds. The highest BCUT2D eigenvalue weighted by Crippen LogP contribution is 2.21. The Hall–Kier alpha value is -2.10. The summed E-state index contributed by atoms with van der Waals surface area (Å²) in [7, 11) is 0. The van der Waals surface area contributed by atoms with Crippen molar-refractivity contribution >= 4 is 40.0 Å². The van der Waals surface area contributed by atoms with Gasteiger partial charge >= 0.3 is 5.69 Å². The van der Waals surface area contributed by atoms with Crippen LogP contribution >= 0.6 is 22.6 Å². The number of nitrogen functional groups attached to an aromatic ring is 1. The van der Waals surface area contributed by atoms with Crippen LogP contribution in [0.3, 0.4) is 0 Å². The lowest BCUT2D eigenvalue weighted by Gasteiger charge is -2.24. The number of anilines is 2. The molecule has 7 nitrogen and oxygen atoms in total. The number of nitrogens with two attached hydrogens (primary N) is 1. The summed E-state index contributed by atoms with van der Waals surface area (Å²) in [6, 6.07) is 7.12. The van der Waals surface area contributed by atoms with E-state index in [0.717, 1.165) is 22.8 Å². The van der Waals surface area contributed by atoms with Crippen LogP contribution in [0.15, 0.2) is 33.9 Å². The standard InChI is InChI=1S/C19H25IN4O3/c1-3-5-11-23(18(26)13-7-9-14(20)10-8-13)15-16(21)24(12-6-4-2)19(27)22-17(15)25/h7-10H,3-6,11-12,21H2,1-2H3,(H,22,25,27). The van der Waals surface area contributed by atoms with Crippen LogP contribution in [0.5, 0.6) is 0 Å². The van der Waals surface area contributed by atoms with Crippen LogP contribution < -0.4 is 21.9 Å². The number of unbranched alkanes of at least 4 members (excludes halogenated alkanes) is 2. The Morgan fingerprint density at radius 3 is 2.37 bits per heavy atom. The van der Waals surface area contributed by atoms with Crippen molar-refractivity contribution < 1.29 is 4.79 Å². The molecular weight excluding hydrogens is 459 g/mol. The summed E-state index contributed by atoms with van der Waals surface area (Å²) in [4.78, 5) is 41.5. The van der Waals surface area contributed by atoms with Crippen molar-refractivity contribution in [2.24, 2.45) is 0 Å². The van der Waals surface area contributed by atoms with E-state index < -0.39 is 11.2 Å². The van der Waals surface area contributed by atoms with E-state index >= 15 is 0 Å². The molecule has 0 aliphatic rings. The first-order chi connectivity index (χ1) is 12.9. The number of hydrogen-bond donors (Lipinski definition) is 2. The van der Waals surface area contributed by atoms with Crippen molar-refractivity contribution in [2.75, 3.05) is 17.2 Å². The van der Waals surface area contributed by atoms with E-state index in [0.29, 0.717) is 25.1 Å². The lowest BCUT2D eigenvalue weighted by molar-refractivity contribution is 0.0986. The number of nitrogens with one attached hydrogen (secondary N) is 1. The van der Waals surface area contributed by atoms with Crippen molar-refractivity contribution in [3.63, 3.8) is 0 Å². The maximum atomic E-state index is 13.1. The van der Waals surface area contributed by atoms with E-state index in [2.05, 4.69) is 27.6 Å². The van der Waals surface area contributed by atoms with Gasteiger partial charge in [0.15, 0.2) is 5.69 Å². The fourth-order valence-electron chi connectivity index (χ4n) is 2.76. The summed E-state index contributed by atoms with van der Waals surface area (Å²) in [5, 5.41) is 0. The van der Waals surface area contributed by atoms with Gasteiger partial charge in [-0.1, -0.05) is 26.7 Å². The van der Waals surface area contributed by atoms with Crippen molar-refractivity contribution in [3.05, 3.63) is 54.2 Å². The normalized spacial score (nSPS) is 10.8. The molecule has 1 aromatic carbocycles. The van der Waals surface area contributed by atoms with Gasteiger partial charge in [-0.05, 0) is 59.7 Å². The maximum Gasteiger partial charge on any atom is 0.330 e. The lowest BCUT2D eigenvalue weighted by Crippen LogP contribution is -2.41. The van der Waals surface area contributed by atoms with E-state index in [4.69, 9.17) is 5.73 Å². The second-order valence-electron chi connectivity index (χ2n) is 6.32. The zero-order chi connectivity index (χ0) is 20.0. The number of H-pyrrole nitrogens is 1. The minimum Gasteiger partial charge on any atom is -0.383 e. The second kappa shape index (κ2) is 9.72. The van der Waals surface area contributed by atoms with Gasteiger partial charge in [0.25, 0.3) is 11.5 Å². The number of halogens is 1. The number of nitrogens with zero attached hydrogens (tertiary/aromatic N) is 2. The van der Waals surface area contributed by atoms with E-state index in [1.54, 1.807) is 12.1 Å². The quantitative estimate of drug-likeness (QED) is 0.563. The number of benzene rings is 1. The highest BCUT2D eigenvalue weighted by molar-refractivity contribution is 14.1. The third-order valence-corrected chi connectivity index (χ3v) is 5.01. The van der Waals surface area contributed by atoms with Crippen molar-refractivity contribution in [1.82, 2.24) is 9.55 Å². The minimum atomic E-state index is -0.639. The predicted octanol–water partition coefficient (Wildman–Crippen LogP) is 2.97. The molecule has 2 aromatic rings. The molecule has 2 rings (SSSR count). The highest BCUT2D eigenvalue weighted by Gasteiger charge is 2.24. The predicted molar refractivity (Wildman–Crippen MR) is 116 cm³/mol. The zero-order valence-electron chi connectivity index (χ0n) is 15.6. The Morgan fingerprint density at radius 1 is 1.15 bits per heavy atom. The number of aromatic nitrogens is 2. The SMILES string of the molecule is CCCCN(C(=O)c1ccc(I)cc1)c1c(N)n(CCCC)c(=O)[nH]c1=O. The van der Waals surface area contributed by atoms with Gasteiger partial charge < -0.3 is 10.6 Å². The molecule has 3 N–H and O–H groups in total. The number of rotatable bonds is 8. The summed E-state index contributed by atoms with van der Waals surface area (Å²) < 4.78 is 2.34. The summed E-state index contributed by atoms with van der Waals surface area (Å²) in [5.74, 6) is -0.273. The molecule has 0 radical (unpaired) electrons. The summed E-state index contributed by atoms with van der Waals surface area (Å²) in [6.45, 7) is 4.75. The van der Waals surface area contributed by atoms with Gasteiger partial charge in [0.05, 0.1) is 0 Å². The lowest BCUT2D eigenvalue weighted by atomic mass is 10.1. The molecule has 0 aliphatic heterocycles. The van der Waals surface area contributed by atoms with Crippen molar-refractivity contribution in [2.45, 2.75) is 46.1 Å². The minimum absolute atomic E-state index is 0.0344. The molecule has 1 heterocycles. The van der Waals surface area contributed by atoms with Gasteiger partial charge in [0, 0.05) is 22.2 Å². The topological polar surface area (TPSA) is 101 Å². The number of hydrogen-bond acceptors (Lipinski definition) is 4. The maximum absolute atomic E-state index is 13.1. The van der Waals surface area contributed by atoms with Crippen LogP contribution in [0.4, 0.5) is 11.5 Å². The summed E-state index contributed by atoms with van der Waals surface area (Å²) in [6.07, 6.45) is 3.18. The highest BCUT2D eigenvalue weighted by atomic mass is 127. The number of carbonyl (C=O) groups excluding carboxylic acids is 1. The Labute approximate surface area is 171 Å². The summed E-state index contributed by atoms with van der Waals surface area (Å²) in [5.41, 5.74) is 5.51. The molecular formula is C19H25IN4O3. The zero-order valence-corrected chi connectivity index (χ0v) is 17.8. The average Bonchev–Trinajstić information content (AvgIpc) is 2.64. The first kappa shape index (κ1) is 21.2. The Kier molecular flexibility index (Phi) is 7.64. The van der Waals surface area contributed by atoms with Crippen LogP contribution in [0.2, 0.25) is 0 Å². The molecule has 0 saturated heterocycles. The molecule has 0 bridgehead atoms. The first-order valence-electron chi connectivity index (χ1n) is 9.10. The van der Waals surface area contributed by atoms with Gasteiger partial charge in [0.1, 0.15) is 5.82 Å². The Bertz CT molecular complexity index is 903. The smallest absolute Gasteiger partial charge is 0.330 e. The van der Waals surface area contributed by atoms with Crippen LogP contribution in [0.25, 0.3) is 0 Å². The van der Waals surface area contributed by atoms with Gasteiger partial charge in [-0.3, -0.25) is 19.1 Å². The fourth-order valence-corrected chi connectivity index (χ4v) is 3.12. The first-order valence-corrected chi connectivity index (χ1v) is 10.2. The third kappa shape index (κ3) is 5.00. The Balaban J connectivity index is 2.55. The van der Waals surface area contributed by atoms with Gasteiger partial charge in [-0.15, -0.1) is 0 Å². The Morgan fingerprint density at radius 2 is 1.78 bits per heavy atom. The monoisotopic (exact) mass is 484 g/mol. The van der Waals surface area contributed by atoms with Crippen LogP contribution in [-0.2, 0) is 6.54 Å². The molecule has 0 saturated carbocycles. The fraction of sp³-hybridized carbons (Fsp3) is 0.421. The molecule has 0 fully saturated rings. The molecule has 0 atom stereocenters. The van der Waals surface area contributed by atoms with E-state index in [1.807, 2.05) is 26.0 Å². The third-order valence-electron chi connectivity index (χ3n) is 4.29. The van der Waals surface area contributed by atoms with Gasteiger partial charge in [0.2, 0.25) is 0 Å². The van der Waals surface area contributed by atoms with E-state index in [1.165, 1.54) is 9.47 Å². The molecule has 146 valence electrons. The van der Waals surface area contributed by atoms with Gasteiger partial charge in [-0.25, -0.2) is 4.79 Å². The molecule has 0 unspecified atom stereocenters. The molecule has 8 heteroatoms. The van der Waals surface area contributed by atoms with Crippen molar-refractivity contribution in [1.29, 1.82) is 0 Å². The molecule has 0 aliphatic carbocycles. The van der Waals surface area contributed by atoms with Crippen LogP contribution in [0.1, 0.15) is 49.9 Å². The molecule has 0 spiro atoms. The number of carbonyl (C=O) groups is 1. The summed E-state index contributed by atoms with van der Waals surface area (Å²) >= 11 is 2.16. The number of aromatic amines is 1. The van der Waals surface area contributed by atoms with Gasteiger partial charge in [-0.2, -0.15) is 0 Å². The second-order valence-corrected chi connectivity index (χ2v) is 7.56. The van der Waals surface area contributed by atoms with E-state index in [9.17, 15) is 14.4 Å². The van der Waals surface area contributed by atoms with Crippen LogP contribution in [-0.4, -0.2) is 22.0 Å².